The van der Waals surface area contributed by atoms with Crippen LogP contribution in [0.4, 0.5) is 5.69 Å². The van der Waals surface area contributed by atoms with Gasteiger partial charge in [0.05, 0.1) is 11.1 Å². The van der Waals surface area contributed by atoms with E-state index >= 15 is 0 Å². The van der Waals surface area contributed by atoms with Gasteiger partial charge in [0.15, 0.2) is 5.78 Å². The van der Waals surface area contributed by atoms with Gasteiger partial charge in [-0.15, -0.1) is 0 Å². The van der Waals surface area contributed by atoms with Crippen molar-refractivity contribution < 1.29 is 9.59 Å². The Labute approximate surface area is 156 Å². The number of aromatic nitrogens is 1. The van der Waals surface area contributed by atoms with Crippen molar-refractivity contribution >= 4 is 39.9 Å². The number of carbonyl (C=O) groups excluding carboxylic acids is 2. The number of amides is 1. The number of hydrogen-bond acceptors (Lipinski definition) is 3. The van der Waals surface area contributed by atoms with Gasteiger partial charge in [0.25, 0.3) is 5.91 Å². The summed E-state index contributed by atoms with van der Waals surface area (Å²) in [5, 5.41) is 4.30. The summed E-state index contributed by atoms with van der Waals surface area (Å²) >= 11 is 6.16. The van der Waals surface area contributed by atoms with Crippen LogP contribution in [0, 0.1) is 0 Å². The largest absolute Gasteiger partial charge is 0.322 e. The number of ketones is 1. The molecule has 4 nitrogen and oxygen atoms in total. The van der Waals surface area contributed by atoms with E-state index in [9.17, 15) is 9.59 Å². The van der Waals surface area contributed by atoms with E-state index < -0.39 is 0 Å². The second kappa shape index (κ2) is 6.54. The van der Waals surface area contributed by atoms with Crippen LogP contribution >= 0.6 is 11.6 Å². The Bertz CT molecular complexity index is 1040. The number of Topliss-reactive ketones (excluding diaryl/α,β-unsaturated/α-hetero) is 1. The Hall–Kier alpha value is -2.72. The van der Waals surface area contributed by atoms with Crippen molar-refractivity contribution in [3.63, 3.8) is 0 Å². The number of halogens is 1. The van der Waals surface area contributed by atoms with Gasteiger partial charge in [0.1, 0.15) is 0 Å². The molecule has 1 aromatic heterocycles. The van der Waals surface area contributed by atoms with Gasteiger partial charge in [-0.3, -0.25) is 14.6 Å². The van der Waals surface area contributed by atoms with Crippen LogP contribution in [0.1, 0.15) is 45.3 Å². The maximum atomic E-state index is 13.1. The van der Waals surface area contributed by atoms with Crippen LogP contribution in [0.25, 0.3) is 10.9 Å². The average Bonchev–Trinajstić information content (AvgIpc) is 3.08. The van der Waals surface area contributed by atoms with Gasteiger partial charge in [0, 0.05) is 27.4 Å². The highest BCUT2D eigenvalue weighted by atomic mass is 35.5. The predicted molar refractivity (Wildman–Crippen MR) is 103 cm³/mol. The highest BCUT2D eigenvalue weighted by Crippen LogP contribution is 2.32. The number of rotatable bonds is 3. The Kier molecular flexibility index (Phi) is 4.21. The molecule has 0 fully saturated rings. The summed E-state index contributed by atoms with van der Waals surface area (Å²) in [6.07, 6.45) is 2.73. The normalized spacial score (nSPS) is 12.8. The molecule has 0 spiro atoms. The number of nitrogens with zero attached hydrogens (tertiary/aromatic N) is 1. The molecule has 0 atom stereocenters. The molecule has 0 radical (unpaired) electrons. The molecule has 0 saturated carbocycles. The Balaban J connectivity index is 1.76. The van der Waals surface area contributed by atoms with Crippen LogP contribution in [0.3, 0.4) is 0 Å². The molecule has 0 unspecified atom stereocenters. The first-order valence-electron chi connectivity index (χ1n) is 8.56. The lowest BCUT2D eigenvalue weighted by Crippen LogP contribution is -2.16. The fraction of sp³-hybridized carbons (Fsp3) is 0.190. The van der Waals surface area contributed by atoms with E-state index in [1.807, 2.05) is 6.07 Å². The van der Waals surface area contributed by atoms with E-state index in [0.717, 1.165) is 41.4 Å². The second-order valence-electron chi connectivity index (χ2n) is 6.51. The maximum absolute atomic E-state index is 13.1. The van der Waals surface area contributed by atoms with Crippen molar-refractivity contribution in [2.45, 2.75) is 26.2 Å². The van der Waals surface area contributed by atoms with Crippen LogP contribution in [0.5, 0.6) is 0 Å². The molecule has 3 aromatic rings. The molecule has 0 aliphatic heterocycles. The first kappa shape index (κ1) is 16.7. The van der Waals surface area contributed by atoms with Crippen molar-refractivity contribution in [1.29, 1.82) is 0 Å². The molecule has 1 amide bonds. The molecule has 2 aromatic carbocycles. The standard InChI is InChI=1S/C21H17ClN2O2/c1-12(25)13-5-8-15(9-6-13)23-21(26)20-16-3-2-4-18(16)24-19-10-7-14(22)11-17(19)20/h5-11H,2-4H2,1H3,(H,23,26). The lowest BCUT2D eigenvalue weighted by Gasteiger charge is -2.13. The number of carbonyl (C=O) groups is 2. The first-order valence-corrected chi connectivity index (χ1v) is 8.94. The summed E-state index contributed by atoms with van der Waals surface area (Å²) < 4.78 is 0. The molecule has 26 heavy (non-hydrogen) atoms. The van der Waals surface area contributed by atoms with Crippen LogP contribution < -0.4 is 5.32 Å². The van der Waals surface area contributed by atoms with Gasteiger partial charge in [-0.25, -0.2) is 0 Å². The number of fused-ring (bicyclic) bond motifs is 2. The lowest BCUT2D eigenvalue weighted by molar-refractivity contribution is 0.101. The van der Waals surface area contributed by atoms with Crippen molar-refractivity contribution in [3.05, 3.63) is 69.9 Å². The number of benzene rings is 2. The molecule has 1 heterocycles. The van der Waals surface area contributed by atoms with Crippen LogP contribution in [-0.4, -0.2) is 16.7 Å². The van der Waals surface area contributed by atoms with Gasteiger partial charge in [0.2, 0.25) is 0 Å². The fourth-order valence-electron chi connectivity index (χ4n) is 3.48. The third-order valence-corrected chi connectivity index (χ3v) is 4.99. The van der Waals surface area contributed by atoms with Crippen molar-refractivity contribution in [1.82, 2.24) is 4.98 Å². The van der Waals surface area contributed by atoms with Gasteiger partial charge in [-0.1, -0.05) is 11.6 Å². The monoisotopic (exact) mass is 364 g/mol. The number of nitrogens with one attached hydrogen (secondary N) is 1. The summed E-state index contributed by atoms with van der Waals surface area (Å²) in [4.78, 5) is 29.2. The van der Waals surface area contributed by atoms with Crippen molar-refractivity contribution in [2.75, 3.05) is 5.32 Å². The highest BCUT2D eigenvalue weighted by molar-refractivity contribution is 6.31. The van der Waals surface area contributed by atoms with Crippen LogP contribution in [0.2, 0.25) is 5.02 Å². The molecule has 4 rings (SSSR count). The fourth-order valence-corrected chi connectivity index (χ4v) is 3.65. The van der Waals surface area contributed by atoms with E-state index in [4.69, 9.17) is 16.6 Å². The van der Waals surface area contributed by atoms with E-state index in [0.29, 0.717) is 21.8 Å². The van der Waals surface area contributed by atoms with E-state index in [-0.39, 0.29) is 11.7 Å². The quantitative estimate of drug-likeness (QED) is 0.677. The first-order chi connectivity index (χ1) is 12.5. The Morgan fingerprint density at radius 3 is 2.58 bits per heavy atom. The molecule has 1 N–H and O–H groups in total. The summed E-state index contributed by atoms with van der Waals surface area (Å²) in [6.45, 7) is 1.52. The zero-order valence-electron chi connectivity index (χ0n) is 14.3. The Morgan fingerprint density at radius 1 is 1.08 bits per heavy atom. The lowest BCUT2D eigenvalue weighted by atomic mass is 10.0. The minimum Gasteiger partial charge on any atom is -0.322 e. The molecule has 1 aliphatic carbocycles. The van der Waals surface area contributed by atoms with E-state index in [1.165, 1.54) is 6.92 Å². The van der Waals surface area contributed by atoms with Gasteiger partial charge >= 0.3 is 0 Å². The maximum Gasteiger partial charge on any atom is 0.256 e. The molecule has 1 aliphatic rings. The minimum atomic E-state index is -0.173. The van der Waals surface area contributed by atoms with E-state index in [1.54, 1.807) is 36.4 Å². The predicted octanol–water partition coefficient (Wildman–Crippen LogP) is 4.83. The average molecular weight is 365 g/mol. The van der Waals surface area contributed by atoms with Crippen molar-refractivity contribution in [3.8, 4) is 0 Å². The second-order valence-corrected chi connectivity index (χ2v) is 6.95. The molecular weight excluding hydrogens is 348 g/mol. The van der Waals surface area contributed by atoms with Crippen LogP contribution in [0.15, 0.2) is 42.5 Å². The number of pyridine rings is 1. The van der Waals surface area contributed by atoms with Crippen LogP contribution in [-0.2, 0) is 12.8 Å². The van der Waals surface area contributed by atoms with E-state index in [2.05, 4.69) is 5.32 Å². The smallest absolute Gasteiger partial charge is 0.256 e. The highest BCUT2D eigenvalue weighted by Gasteiger charge is 2.24. The minimum absolute atomic E-state index is 0.00420. The molecule has 0 saturated heterocycles. The Morgan fingerprint density at radius 2 is 1.85 bits per heavy atom. The topological polar surface area (TPSA) is 59.1 Å². The third kappa shape index (κ3) is 2.97. The van der Waals surface area contributed by atoms with Gasteiger partial charge in [-0.2, -0.15) is 0 Å². The molecule has 130 valence electrons. The zero-order valence-corrected chi connectivity index (χ0v) is 15.1. The SMILES string of the molecule is CC(=O)c1ccc(NC(=O)c2c3c(nc4ccc(Cl)cc24)CCC3)cc1. The summed E-state index contributed by atoms with van der Waals surface area (Å²) in [5.74, 6) is -0.177. The van der Waals surface area contributed by atoms with Crippen molar-refractivity contribution in [2.24, 2.45) is 0 Å². The molecule has 0 bridgehead atoms. The van der Waals surface area contributed by atoms with Gasteiger partial charge in [-0.05, 0) is 74.2 Å². The molecule has 5 heteroatoms. The third-order valence-electron chi connectivity index (χ3n) is 4.75. The zero-order chi connectivity index (χ0) is 18.3. The summed E-state index contributed by atoms with van der Waals surface area (Å²) in [6, 6.07) is 12.4. The summed E-state index contributed by atoms with van der Waals surface area (Å²) in [7, 11) is 0. The number of aryl methyl sites for hydroxylation is 1. The number of hydrogen-bond donors (Lipinski definition) is 1. The summed E-state index contributed by atoms with van der Waals surface area (Å²) in [5.41, 5.74) is 4.71. The number of anilines is 1. The van der Waals surface area contributed by atoms with Gasteiger partial charge < -0.3 is 5.32 Å². The molecular formula is C21H17ClN2O2.